The average molecular weight is 535 g/mol. The first kappa shape index (κ1) is 33.3. The molecule has 0 aliphatic rings. The van der Waals surface area contributed by atoms with Crippen LogP contribution in [0, 0.1) is 40.5 Å². The minimum atomic E-state index is -0.171. The van der Waals surface area contributed by atoms with Gasteiger partial charge in [-0.05, 0) is 90.9 Å². The summed E-state index contributed by atoms with van der Waals surface area (Å²) in [6.07, 6.45) is 3.00. The molecule has 0 saturated heterocycles. The van der Waals surface area contributed by atoms with E-state index in [1.165, 1.54) is 34.1 Å². The van der Waals surface area contributed by atoms with Crippen molar-refractivity contribution in [2.75, 3.05) is 13.3 Å². The van der Waals surface area contributed by atoms with Crippen LogP contribution in [-0.2, 0) is 17.4 Å². The molecule has 0 saturated carbocycles. The van der Waals surface area contributed by atoms with Crippen LogP contribution in [0.25, 0.3) is 0 Å². The van der Waals surface area contributed by atoms with Crippen molar-refractivity contribution in [3.05, 3.63) is 162 Å². The third-order valence-corrected chi connectivity index (χ3v) is 8.86. The van der Waals surface area contributed by atoms with Crippen molar-refractivity contribution in [2.45, 2.75) is 0 Å². The Morgan fingerprint density at radius 1 is 0.400 bits per heavy atom. The Bertz CT molecular complexity index is 799. The molecule has 0 bridgehead atoms. The summed E-state index contributed by atoms with van der Waals surface area (Å²) >= 11 is 0. The van der Waals surface area contributed by atoms with E-state index in [2.05, 4.69) is 162 Å². The van der Waals surface area contributed by atoms with Crippen LogP contribution < -0.4 is 21.2 Å². The standard InChI is InChI=1S/2C13H13P.2C3H5.Cr/c2*1-14(12-8-4-2-5-9-12)13-10-6-3-7-11-13;2*1-3-2;/h2*2-11H,1H3;2*3H,1-2H2;. The molecular formula is C32H36CrP2. The van der Waals surface area contributed by atoms with Crippen LogP contribution >= 0.6 is 15.8 Å². The van der Waals surface area contributed by atoms with E-state index in [1.807, 2.05) is 0 Å². The molecule has 0 heterocycles. The Balaban J connectivity index is 0.000000528. The Morgan fingerprint density at radius 2 is 0.543 bits per heavy atom. The van der Waals surface area contributed by atoms with Gasteiger partial charge in [-0.3, -0.25) is 0 Å². The van der Waals surface area contributed by atoms with E-state index in [0.717, 1.165) is 0 Å². The Morgan fingerprint density at radius 3 is 0.686 bits per heavy atom. The van der Waals surface area contributed by atoms with Gasteiger partial charge in [-0.25, -0.2) is 0 Å². The van der Waals surface area contributed by atoms with Gasteiger partial charge in [0.1, 0.15) is 0 Å². The maximum Gasteiger partial charge on any atom is 0 e. The first-order valence-electron chi connectivity index (χ1n) is 11.1. The van der Waals surface area contributed by atoms with Gasteiger partial charge in [0.05, 0.1) is 0 Å². The third kappa shape index (κ3) is 13.8. The largest absolute Gasteiger partial charge is 0.0622 e. The first-order valence-corrected chi connectivity index (χ1v) is 14.6. The number of rotatable bonds is 4. The molecule has 0 unspecified atom stereocenters. The van der Waals surface area contributed by atoms with E-state index in [0.29, 0.717) is 0 Å². The minimum Gasteiger partial charge on any atom is -0.0622 e. The first-order chi connectivity index (χ1) is 16.6. The van der Waals surface area contributed by atoms with Crippen molar-refractivity contribution in [3.63, 3.8) is 0 Å². The molecule has 3 heteroatoms. The summed E-state index contributed by atoms with van der Waals surface area (Å²) in [6.45, 7) is 17.6. The molecule has 0 amide bonds. The molecule has 180 valence electrons. The van der Waals surface area contributed by atoms with Gasteiger partial charge in [-0.2, -0.15) is 0 Å². The van der Waals surface area contributed by atoms with Crippen LogP contribution in [-0.4, -0.2) is 13.3 Å². The SMILES string of the molecule is CP(c1ccccc1)c1ccccc1.CP(c1ccccc1)c1ccccc1.[CH2][CH][CH2].[CH2][CH][CH2].[Cr]. The maximum absolute atomic E-state index is 3.25. The van der Waals surface area contributed by atoms with Gasteiger partial charge >= 0.3 is 0 Å². The molecule has 4 rings (SSSR count). The van der Waals surface area contributed by atoms with Gasteiger partial charge in [0.2, 0.25) is 0 Å². The molecule has 4 aromatic carbocycles. The molecule has 0 fully saturated rings. The quantitative estimate of drug-likeness (QED) is 0.243. The monoisotopic (exact) mass is 534 g/mol. The summed E-state index contributed by atoms with van der Waals surface area (Å²) < 4.78 is 0. The van der Waals surface area contributed by atoms with Gasteiger partial charge in [0.15, 0.2) is 0 Å². The zero-order chi connectivity index (χ0) is 25.0. The second-order valence-corrected chi connectivity index (χ2v) is 11.3. The third-order valence-electron chi connectivity index (χ3n) is 4.57. The fourth-order valence-electron chi connectivity index (χ4n) is 2.90. The Hall–Kier alpha value is -1.73. The second-order valence-electron chi connectivity index (χ2n) is 7.04. The predicted molar refractivity (Wildman–Crippen MR) is 160 cm³/mol. The number of hydrogen-bond acceptors (Lipinski definition) is 0. The van der Waals surface area contributed by atoms with Crippen LogP contribution in [0.5, 0.6) is 0 Å². The van der Waals surface area contributed by atoms with Crippen molar-refractivity contribution in [1.82, 2.24) is 0 Å². The van der Waals surface area contributed by atoms with Gasteiger partial charge in [0, 0.05) is 17.4 Å². The summed E-state index contributed by atoms with van der Waals surface area (Å²) in [5, 5.41) is 5.75. The molecule has 4 aromatic rings. The molecule has 0 aromatic heterocycles. The topological polar surface area (TPSA) is 0 Å². The summed E-state index contributed by atoms with van der Waals surface area (Å²) in [5.41, 5.74) is 0. The predicted octanol–water partition coefficient (Wildman–Crippen LogP) is 7.21. The Kier molecular flexibility index (Phi) is 20.5. The van der Waals surface area contributed by atoms with Gasteiger partial charge < -0.3 is 0 Å². The van der Waals surface area contributed by atoms with Crippen LogP contribution in [0.1, 0.15) is 0 Å². The summed E-state index contributed by atoms with van der Waals surface area (Å²) in [5.74, 6) is 0. The van der Waals surface area contributed by atoms with E-state index in [9.17, 15) is 0 Å². The molecule has 0 aliphatic heterocycles. The summed E-state index contributed by atoms with van der Waals surface area (Å²) in [4.78, 5) is 0. The van der Waals surface area contributed by atoms with Crippen LogP contribution in [0.15, 0.2) is 121 Å². The fourth-order valence-corrected chi connectivity index (χ4v) is 5.98. The molecule has 6 radical (unpaired) electrons. The van der Waals surface area contributed by atoms with E-state index in [4.69, 9.17) is 0 Å². The van der Waals surface area contributed by atoms with Crippen LogP contribution in [0.3, 0.4) is 0 Å². The Labute approximate surface area is 228 Å². The number of benzene rings is 4. The van der Waals surface area contributed by atoms with Crippen LogP contribution in [0.2, 0.25) is 0 Å². The molecule has 0 spiro atoms. The average Bonchev–Trinajstić information content (AvgIpc) is 2.91. The molecule has 35 heavy (non-hydrogen) atoms. The maximum atomic E-state index is 3.25. The van der Waals surface area contributed by atoms with Gasteiger partial charge in [0.25, 0.3) is 0 Å². The van der Waals surface area contributed by atoms with Crippen molar-refractivity contribution in [3.8, 4) is 0 Å². The van der Waals surface area contributed by atoms with Crippen LogP contribution in [0.4, 0.5) is 0 Å². The molecule has 0 nitrogen and oxygen atoms in total. The minimum absolute atomic E-state index is 0. The van der Waals surface area contributed by atoms with Gasteiger partial charge in [-0.15, -0.1) is 0 Å². The summed E-state index contributed by atoms with van der Waals surface area (Å²) in [7, 11) is -0.342. The van der Waals surface area contributed by atoms with Crippen molar-refractivity contribution in [2.24, 2.45) is 0 Å². The van der Waals surface area contributed by atoms with E-state index in [1.54, 1.807) is 0 Å². The number of hydrogen-bond donors (Lipinski definition) is 0. The molecule has 0 atom stereocenters. The fraction of sp³-hybridized carbons (Fsp3) is 0.0625. The van der Waals surface area contributed by atoms with E-state index in [-0.39, 0.29) is 33.2 Å². The molecule has 0 aliphatic carbocycles. The van der Waals surface area contributed by atoms with E-state index < -0.39 is 0 Å². The van der Waals surface area contributed by atoms with E-state index >= 15 is 0 Å². The second kappa shape index (κ2) is 21.5. The molecular weight excluding hydrogens is 498 g/mol. The smallest absolute Gasteiger partial charge is 0 e. The van der Waals surface area contributed by atoms with Crippen molar-refractivity contribution in [1.29, 1.82) is 0 Å². The van der Waals surface area contributed by atoms with Gasteiger partial charge in [-0.1, -0.05) is 121 Å². The zero-order valence-corrected chi connectivity index (χ0v) is 23.9. The normalized spacial score (nSPS) is 9.37. The van der Waals surface area contributed by atoms with Crippen molar-refractivity contribution < 1.29 is 17.4 Å². The van der Waals surface area contributed by atoms with Crippen molar-refractivity contribution >= 4 is 37.1 Å². The molecule has 0 N–H and O–H groups in total. The zero-order valence-electron chi connectivity index (χ0n) is 20.8. The summed E-state index contributed by atoms with van der Waals surface area (Å²) in [6, 6.07) is 42.8.